The Labute approximate surface area is 152 Å². The number of rotatable bonds is 5. The monoisotopic (exact) mass is 353 g/mol. The third kappa shape index (κ3) is 4.18. The largest absolute Gasteiger partial charge is 0.366 e. The lowest BCUT2D eigenvalue weighted by atomic mass is 10.1. The molecule has 0 aliphatic carbocycles. The van der Waals surface area contributed by atoms with Gasteiger partial charge >= 0.3 is 0 Å². The first-order valence-electron chi connectivity index (χ1n) is 8.60. The Morgan fingerprint density at radius 1 is 1.08 bits per heavy atom. The number of benzene rings is 1. The van der Waals surface area contributed by atoms with Gasteiger partial charge in [-0.25, -0.2) is 4.98 Å². The standard InChI is InChI=1S/C19H23N5O2/c1-23-9-11-24(12-10-23)18-16(3-2-8-21-18)13-22-19(26)15-6-4-14(5-7-15)17(20)25/h2-8H,9-13H2,1H3,(H2,20,25)(H,22,26). The van der Waals surface area contributed by atoms with Crippen LogP contribution < -0.4 is 16.0 Å². The Morgan fingerprint density at radius 3 is 2.38 bits per heavy atom. The van der Waals surface area contributed by atoms with Crippen LogP contribution in [0.5, 0.6) is 0 Å². The molecule has 1 aliphatic heterocycles. The first kappa shape index (κ1) is 17.9. The van der Waals surface area contributed by atoms with Gasteiger partial charge in [0.2, 0.25) is 5.91 Å². The number of pyridine rings is 1. The highest BCUT2D eigenvalue weighted by Gasteiger charge is 2.18. The molecule has 7 heteroatoms. The molecule has 3 rings (SSSR count). The molecule has 1 saturated heterocycles. The highest BCUT2D eigenvalue weighted by atomic mass is 16.2. The number of likely N-dealkylation sites (N-methyl/N-ethyl adjacent to an activating group) is 1. The van der Waals surface area contributed by atoms with Crippen molar-refractivity contribution in [1.82, 2.24) is 15.2 Å². The zero-order valence-corrected chi connectivity index (χ0v) is 14.8. The predicted octanol–water partition coefficient (Wildman–Crippen LogP) is 0.862. The molecule has 0 saturated carbocycles. The van der Waals surface area contributed by atoms with Gasteiger partial charge in [0.05, 0.1) is 0 Å². The number of aromatic nitrogens is 1. The maximum Gasteiger partial charge on any atom is 0.251 e. The Balaban J connectivity index is 1.66. The molecule has 1 aliphatic rings. The minimum absolute atomic E-state index is 0.200. The van der Waals surface area contributed by atoms with Crippen LogP contribution in [-0.4, -0.2) is 54.9 Å². The van der Waals surface area contributed by atoms with E-state index in [2.05, 4.69) is 27.1 Å². The lowest BCUT2D eigenvalue weighted by molar-refractivity contribution is 0.0948. The van der Waals surface area contributed by atoms with Gasteiger partial charge in [0.25, 0.3) is 5.91 Å². The Bertz CT molecular complexity index is 783. The zero-order valence-electron chi connectivity index (χ0n) is 14.8. The van der Waals surface area contributed by atoms with Crippen molar-refractivity contribution >= 4 is 17.6 Å². The molecule has 26 heavy (non-hydrogen) atoms. The first-order chi connectivity index (χ1) is 12.5. The van der Waals surface area contributed by atoms with E-state index >= 15 is 0 Å². The Hall–Kier alpha value is -2.93. The van der Waals surface area contributed by atoms with E-state index in [4.69, 9.17) is 5.73 Å². The first-order valence-corrected chi connectivity index (χ1v) is 8.60. The van der Waals surface area contributed by atoms with E-state index < -0.39 is 5.91 Å². The predicted molar refractivity (Wildman–Crippen MR) is 100 cm³/mol. The molecule has 2 aromatic rings. The SMILES string of the molecule is CN1CCN(c2ncccc2CNC(=O)c2ccc(C(N)=O)cc2)CC1. The average Bonchev–Trinajstić information content (AvgIpc) is 2.67. The van der Waals surface area contributed by atoms with E-state index in [0.29, 0.717) is 17.7 Å². The van der Waals surface area contributed by atoms with E-state index in [0.717, 1.165) is 37.6 Å². The molecule has 3 N–H and O–H groups in total. The van der Waals surface area contributed by atoms with Gasteiger partial charge < -0.3 is 20.9 Å². The number of amides is 2. The Morgan fingerprint density at radius 2 is 1.73 bits per heavy atom. The number of hydrogen-bond acceptors (Lipinski definition) is 5. The molecule has 2 heterocycles. The van der Waals surface area contributed by atoms with Crippen molar-refractivity contribution in [2.45, 2.75) is 6.54 Å². The second-order valence-electron chi connectivity index (χ2n) is 6.40. The number of nitrogens with two attached hydrogens (primary N) is 1. The number of primary amides is 1. The quantitative estimate of drug-likeness (QED) is 0.832. The lowest BCUT2D eigenvalue weighted by Crippen LogP contribution is -2.45. The van der Waals surface area contributed by atoms with Crippen molar-refractivity contribution in [3.05, 3.63) is 59.3 Å². The summed E-state index contributed by atoms with van der Waals surface area (Å²) in [6, 6.07) is 10.2. The fourth-order valence-corrected chi connectivity index (χ4v) is 2.93. The summed E-state index contributed by atoms with van der Waals surface area (Å²) in [7, 11) is 2.11. The van der Waals surface area contributed by atoms with Crippen LogP contribution in [-0.2, 0) is 6.54 Å². The fraction of sp³-hybridized carbons (Fsp3) is 0.316. The van der Waals surface area contributed by atoms with E-state index in [1.807, 2.05) is 12.1 Å². The third-order valence-corrected chi connectivity index (χ3v) is 4.54. The van der Waals surface area contributed by atoms with Crippen LogP contribution >= 0.6 is 0 Å². The van der Waals surface area contributed by atoms with Crippen molar-refractivity contribution in [2.75, 3.05) is 38.1 Å². The molecule has 0 spiro atoms. The minimum Gasteiger partial charge on any atom is -0.366 e. The highest BCUT2D eigenvalue weighted by molar-refractivity contribution is 5.97. The summed E-state index contributed by atoms with van der Waals surface area (Å²) in [6.45, 7) is 4.22. The lowest BCUT2D eigenvalue weighted by Gasteiger charge is -2.34. The normalized spacial score (nSPS) is 14.9. The van der Waals surface area contributed by atoms with Crippen LogP contribution in [0.25, 0.3) is 0 Å². The summed E-state index contributed by atoms with van der Waals surface area (Å²) in [5.41, 5.74) is 7.07. The third-order valence-electron chi connectivity index (χ3n) is 4.54. The maximum absolute atomic E-state index is 12.4. The molecule has 136 valence electrons. The number of piperazine rings is 1. The topological polar surface area (TPSA) is 91.6 Å². The highest BCUT2D eigenvalue weighted by Crippen LogP contribution is 2.18. The Kier molecular flexibility index (Phi) is 5.48. The van der Waals surface area contributed by atoms with Crippen LogP contribution in [0.15, 0.2) is 42.6 Å². The smallest absolute Gasteiger partial charge is 0.251 e. The van der Waals surface area contributed by atoms with E-state index in [9.17, 15) is 9.59 Å². The van der Waals surface area contributed by atoms with Gasteiger partial charge in [0.1, 0.15) is 5.82 Å². The van der Waals surface area contributed by atoms with Crippen LogP contribution in [0.1, 0.15) is 26.3 Å². The zero-order chi connectivity index (χ0) is 18.5. The number of hydrogen-bond donors (Lipinski definition) is 2. The molecular weight excluding hydrogens is 330 g/mol. The van der Waals surface area contributed by atoms with Gasteiger partial charge in [-0.05, 0) is 37.4 Å². The second-order valence-corrected chi connectivity index (χ2v) is 6.40. The van der Waals surface area contributed by atoms with Gasteiger partial charge in [0.15, 0.2) is 0 Å². The maximum atomic E-state index is 12.4. The summed E-state index contributed by atoms with van der Waals surface area (Å²) in [5, 5.41) is 2.92. The average molecular weight is 353 g/mol. The van der Waals surface area contributed by atoms with Crippen molar-refractivity contribution in [3.8, 4) is 0 Å². The number of carbonyl (C=O) groups excluding carboxylic acids is 2. The molecule has 1 aromatic heterocycles. The molecule has 1 fully saturated rings. The van der Waals surface area contributed by atoms with Crippen LogP contribution in [0.3, 0.4) is 0 Å². The molecule has 7 nitrogen and oxygen atoms in total. The second kappa shape index (κ2) is 7.97. The molecule has 0 radical (unpaired) electrons. The van der Waals surface area contributed by atoms with E-state index in [1.54, 1.807) is 30.5 Å². The number of nitrogens with zero attached hydrogens (tertiary/aromatic N) is 3. The summed E-state index contributed by atoms with van der Waals surface area (Å²) in [6.07, 6.45) is 1.78. The van der Waals surface area contributed by atoms with Crippen LogP contribution in [0, 0.1) is 0 Å². The van der Waals surface area contributed by atoms with Crippen molar-refractivity contribution in [1.29, 1.82) is 0 Å². The van der Waals surface area contributed by atoms with Gasteiger partial charge in [-0.2, -0.15) is 0 Å². The molecule has 1 aromatic carbocycles. The number of nitrogens with one attached hydrogen (secondary N) is 1. The molecule has 0 atom stereocenters. The van der Waals surface area contributed by atoms with Gasteiger partial charge in [0, 0.05) is 55.6 Å². The molecule has 2 amide bonds. The summed E-state index contributed by atoms with van der Waals surface area (Å²) in [4.78, 5) is 32.5. The van der Waals surface area contributed by atoms with Gasteiger partial charge in [-0.15, -0.1) is 0 Å². The van der Waals surface area contributed by atoms with Crippen molar-refractivity contribution in [2.24, 2.45) is 5.73 Å². The summed E-state index contributed by atoms with van der Waals surface area (Å²) in [5.74, 6) is 0.211. The van der Waals surface area contributed by atoms with Crippen molar-refractivity contribution < 1.29 is 9.59 Å². The number of anilines is 1. The molecular formula is C19H23N5O2. The number of carbonyl (C=O) groups is 2. The molecule has 0 bridgehead atoms. The van der Waals surface area contributed by atoms with E-state index in [-0.39, 0.29) is 5.91 Å². The summed E-state index contributed by atoms with van der Waals surface area (Å²) < 4.78 is 0. The van der Waals surface area contributed by atoms with Crippen LogP contribution in [0.2, 0.25) is 0 Å². The van der Waals surface area contributed by atoms with Crippen molar-refractivity contribution in [3.63, 3.8) is 0 Å². The van der Waals surface area contributed by atoms with E-state index in [1.165, 1.54) is 0 Å². The fourth-order valence-electron chi connectivity index (χ4n) is 2.93. The van der Waals surface area contributed by atoms with Crippen LogP contribution in [0.4, 0.5) is 5.82 Å². The van der Waals surface area contributed by atoms with Gasteiger partial charge in [-0.3, -0.25) is 9.59 Å². The molecule has 0 unspecified atom stereocenters. The summed E-state index contributed by atoms with van der Waals surface area (Å²) >= 11 is 0. The van der Waals surface area contributed by atoms with Gasteiger partial charge in [-0.1, -0.05) is 6.07 Å². The minimum atomic E-state index is -0.510.